The summed E-state index contributed by atoms with van der Waals surface area (Å²) in [6, 6.07) is 14.3. The predicted molar refractivity (Wildman–Crippen MR) is 84.1 cm³/mol. The zero-order valence-corrected chi connectivity index (χ0v) is 12.9. The summed E-state index contributed by atoms with van der Waals surface area (Å²) >= 11 is 6.42. The van der Waals surface area contributed by atoms with Crippen LogP contribution in [0.15, 0.2) is 54.6 Å². The number of halogens is 4. The van der Waals surface area contributed by atoms with E-state index in [-0.39, 0.29) is 0 Å². The number of alkyl halides is 3. The predicted octanol–water partition coefficient (Wildman–Crippen LogP) is 5.43. The number of nitrogens with zero attached hydrogens (tertiary/aromatic N) is 2. The van der Waals surface area contributed by atoms with E-state index < -0.39 is 11.7 Å². The van der Waals surface area contributed by atoms with Crippen LogP contribution in [0.5, 0.6) is 0 Å². The van der Waals surface area contributed by atoms with Gasteiger partial charge in [0.1, 0.15) is 5.69 Å². The van der Waals surface area contributed by atoms with E-state index >= 15 is 0 Å². The van der Waals surface area contributed by atoms with Gasteiger partial charge >= 0.3 is 6.18 Å². The molecule has 0 unspecified atom stereocenters. The van der Waals surface area contributed by atoms with Crippen molar-refractivity contribution in [3.63, 3.8) is 0 Å². The normalized spacial score (nSPS) is 11.7. The number of hydrogen-bond acceptors (Lipinski definition) is 1. The molecule has 0 aliphatic carbocycles. The Morgan fingerprint density at radius 3 is 2.09 bits per heavy atom. The molecule has 1 aromatic heterocycles. The Labute approximate surface area is 136 Å². The number of rotatable bonds is 2. The SMILES string of the molecule is Cn1nc(-c2ccc(C(F)(F)F)cc2)c(Cl)c1-c1ccccc1. The van der Waals surface area contributed by atoms with E-state index in [1.807, 2.05) is 30.3 Å². The van der Waals surface area contributed by atoms with Crippen LogP contribution in [0, 0.1) is 0 Å². The lowest BCUT2D eigenvalue weighted by Gasteiger charge is -2.06. The maximum atomic E-state index is 12.6. The Hall–Kier alpha value is -2.27. The van der Waals surface area contributed by atoms with Gasteiger partial charge in [-0.25, -0.2) is 0 Å². The quantitative estimate of drug-likeness (QED) is 0.610. The van der Waals surface area contributed by atoms with E-state index in [2.05, 4.69) is 5.10 Å². The zero-order chi connectivity index (χ0) is 16.6. The van der Waals surface area contributed by atoms with Crippen molar-refractivity contribution in [1.29, 1.82) is 0 Å². The van der Waals surface area contributed by atoms with Gasteiger partial charge < -0.3 is 0 Å². The van der Waals surface area contributed by atoms with E-state index in [0.717, 1.165) is 23.4 Å². The van der Waals surface area contributed by atoms with E-state index in [9.17, 15) is 13.2 Å². The van der Waals surface area contributed by atoms with Crippen molar-refractivity contribution < 1.29 is 13.2 Å². The Morgan fingerprint density at radius 1 is 0.913 bits per heavy atom. The molecule has 3 rings (SSSR count). The van der Waals surface area contributed by atoms with Gasteiger partial charge in [0.25, 0.3) is 0 Å². The first kappa shape index (κ1) is 15.6. The van der Waals surface area contributed by atoms with Gasteiger partial charge in [-0.3, -0.25) is 4.68 Å². The molecule has 0 radical (unpaired) electrons. The fourth-order valence-corrected chi connectivity index (χ4v) is 2.79. The van der Waals surface area contributed by atoms with Crippen LogP contribution in [0.3, 0.4) is 0 Å². The van der Waals surface area contributed by atoms with Gasteiger partial charge in [0.05, 0.1) is 16.3 Å². The fourth-order valence-electron chi connectivity index (χ4n) is 2.41. The number of hydrogen-bond donors (Lipinski definition) is 0. The van der Waals surface area contributed by atoms with Crippen LogP contribution < -0.4 is 0 Å². The topological polar surface area (TPSA) is 17.8 Å². The minimum atomic E-state index is -4.36. The summed E-state index contributed by atoms with van der Waals surface area (Å²) in [5.41, 5.74) is 1.92. The standard InChI is InChI=1S/C17H12ClF3N2/c1-23-16(12-5-3-2-4-6-12)14(18)15(22-23)11-7-9-13(10-8-11)17(19,20)21/h2-10H,1H3. The van der Waals surface area contributed by atoms with Crippen LogP contribution in [-0.4, -0.2) is 9.78 Å². The summed E-state index contributed by atoms with van der Waals surface area (Å²) in [5.74, 6) is 0. The van der Waals surface area contributed by atoms with Crippen LogP contribution in [0.4, 0.5) is 13.2 Å². The van der Waals surface area contributed by atoms with Crippen molar-refractivity contribution in [3.05, 3.63) is 65.2 Å². The van der Waals surface area contributed by atoms with Crippen molar-refractivity contribution in [1.82, 2.24) is 9.78 Å². The molecule has 0 saturated heterocycles. The highest BCUT2D eigenvalue weighted by molar-refractivity contribution is 6.35. The number of benzene rings is 2. The first-order chi connectivity index (χ1) is 10.9. The van der Waals surface area contributed by atoms with Crippen LogP contribution in [0.1, 0.15) is 5.56 Å². The maximum Gasteiger partial charge on any atom is 0.416 e. The molecule has 23 heavy (non-hydrogen) atoms. The van der Waals surface area contributed by atoms with E-state index in [1.165, 1.54) is 12.1 Å². The summed E-state index contributed by atoms with van der Waals surface area (Å²) < 4.78 is 39.6. The maximum absolute atomic E-state index is 12.6. The average Bonchev–Trinajstić information content (AvgIpc) is 2.82. The second kappa shape index (κ2) is 5.74. The molecule has 3 aromatic rings. The van der Waals surface area contributed by atoms with Gasteiger partial charge in [-0.2, -0.15) is 18.3 Å². The molecule has 0 spiro atoms. The van der Waals surface area contributed by atoms with E-state index in [0.29, 0.717) is 16.3 Å². The van der Waals surface area contributed by atoms with Gasteiger partial charge in [-0.1, -0.05) is 54.1 Å². The molecule has 0 fully saturated rings. The molecule has 6 heteroatoms. The number of aryl methyl sites for hydroxylation is 1. The van der Waals surface area contributed by atoms with Gasteiger partial charge in [0.15, 0.2) is 0 Å². The van der Waals surface area contributed by atoms with Crippen molar-refractivity contribution >= 4 is 11.6 Å². The molecule has 118 valence electrons. The molecule has 0 aliphatic rings. The smallest absolute Gasteiger partial charge is 0.266 e. The van der Waals surface area contributed by atoms with Crippen LogP contribution in [0.2, 0.25) is 5.02 Å². The molecule has 2 nitrogen and oxygen atoms in total. The zero-order valence-electron chi connectivity index (χ0n) is 12.1. The molecule has 0 amide bonds. The molecular weight excluding hydrogens is 325 g/mol. The minimum Gasteiger partial charge on any atom is -0.266 e. The third kappa shape index (κ3) is 2.97. The van der Waals surface area contributed by atoms with Crippen LogP contribution in [0.25, 0.3) is 22.5 Å². The summed E-state index contributed by atoms with van der Waals surface area (Å²) in [6.07, 6.45) is -4.36. The second-order valence-electron chi connectivity index (χ2n) is 5.08. The first-order valence-electron chi connectivity index (χ1n) is 6.83. The third-order valence-electron chi connectivity index (χ3n) is 3.52. The average molecular weight is 337 g/mol. The molecular formula is C17H12ClF3N2. The molecule has 2 aromatic carbocycles. The summed E-state index contributed by atoms with van der Waals surface area (Å²) in [7, 11) is 1.75. The number of aromatic nitrogens is 2. The summed E-state index contributed by atoms with van der Waals surface area (Å²) in [4.78, 5) is 0. The molecule has 0 aliphatic heterocycles. The highest BCUT2D eigenvalue weighted by Gasteiger charge is 2.30. The van der Waals surface area contributed by atoms with Gasteiger partial charge in [-0.15, -0.1) is 0 Å². The highest BCUT2D eigenvalue weighted by Crippen LogP contribution is 2.37. The Balaban J connectivity index is 2.05. The van der Waals surface area contributed by atoms with E-state index in [4.69, 9.17) is 11.6 Å². The van der Waals surface area contributed by atoms with Crippen molar-refractivity contribution in [2.75, 3.05) is 0 Å². The minimum absolute atomic E-state index is 0.415. The highest BCUT2D eigenvalue weighted by atomic mass is 35.5. The van der Waals surface area contributed by atoms with Gasteiger partial charge in [-0.05, 0) is 12.1 Å². The van der Waals surface area contributed by atoms with Crippen LogP contribution >= 0.6 is 11.6 Å². The second-order valence-corrected chi connectivity index (χ2v) is 5.45. The monoisotopic (exact) mass is 336 g/mol. The van der Waals surface area contributed by atoms with Crippen molar-refractivity contribution in [2.45, 2.75) is 6.18 Å². The largest absolute Gasteiger partial charge is 0.416 e. The Bertz CT molecular complexity index is 822. The third-order valence-corrected chi connectivity index (χ3v) is 3.88. The van der Waals surface area contributed by atoms with Crippen LogP contribution in [-0.2, 0) is 13.2 Å². The first-order valence-corrected chi connectivity index (χ1v) is 7.21. The summed E-state index contributed by atoms with van der Waals surface area (Å²) in [5, 5.41) is 4.77. The van der Waals surface area contributed by atoms with Crippen molar-refractivity contribution in [2.24, 2.45) is 7.05 Å². The Kier molecular flexibility index (Phi) is 3.90. The van der Waals surface area contributed by atoms with Gasteiger partial charge in [0, 0.05) is 18.2 Å². The molecule has 0 saturated carbocycles. The molecule has 0 N–H and O–H groups in total. The lowest BCUT2D eigenvalue weighted by Crippen LogP contribution is -2.04. The van der Waals surface area contributed by atoms with Crippen molar-refractivity contribution in [3.8, 4) is 22.5 Å². The molecule has 1 heterocycles. The Morgan fingerprint density at radius 2 is 1.52 bits per heavy atom. The molecule has 0 atom stereocenters. The van der Waals surface area contributed by atoms with E-state index in [1.54, 1.807) is 11.7 Å². The molecule has 0 bridgehead atoms. The summed E-state index contributed by atoms with van der Waals surface area (Å²) in [6.45, 7) is 0. The fraction of sp³-hybridized carbons (Fsp3) is 0.118. The van der Waals surface area contributed by atoms with Gasteiger partial charge in [0.2, 0.25) is 0 Å². The lowest BCUT2D eigenvalue weighted by atomic mass is 10.1. The lowest BCUT2D eigenvalue weighted by molar-refractivity contribution is -0.137.